The van der Waals surface area contributed by atoms with Crippen LogP contribution in [0.5, 0.6) is 0 Å². The third-order valence-corrected chi connectivity index (χ3v) is 6.03. The highest BCUT2D eigenvalue weighted by Crippen LogP contribution is 2.27. The van der Waals surface area contributed by atoms with Gasteiger partial charge in [0.05, 0.1) is 6.10 Å². The summed E-state index contributed by atoms with van der Waals surface area (Å²) in [5.41, 5.74) is 2.07. The number of fused-ring (bicyclic) bond motifs is 1. The molecule has 0 saturated carbocycles. The van der Waals surface area contributed by atoms with Gasteiger partial charge < -0.3 is 15.0 Å². The molecule has 1 N–H and O–H groups in total. The summed E-state index contributed by atoms with van der Waals surface area (Å²) in [6.45, 7) is 5.29. The van der Waals surface area contributed by atoms with Gasteiger partial charge in [0.25, 0.3) is 0 Å². The van der Waals surface area contributed by atoms with E-state index in [4.69, 9.17) is 4.74 Å². The summed E-state index contributed by atoms with van der Waals surface area (Å²) in [4.78, 5) is 29.3. The zero-order chi connectivity index (χ0) is 18.6. The molecule has 3 heterocycles. The van der Waals surface area contributed by atoms with Crippen molar-refractivity contribution in [2.75, 3.05) is 44.6 Å². The third-order valence-electron chi connectivity index (χ3n) is 6.03. The lowest BCUT2D eigenvalue weighted by atomic mass is 9.89. The van der Waals surface area contributed by atoms with Gasteiger partial charge in [-0.05, 0) is 37.3 Å². The molecule has 3 aliphatic heterocycles. The van der Waals surface area contributed by atoms with Gasteiger partial charge in [-0.2, -0.15) is 0 Å². The number of hydrogen-bond donors (Lipinski definition) is 1. The van der Waals surface area contributed by atoms with Gasteiger partial charge in [-0.25, -0.2) is 0 Å². The minimum absolute atomic E-state index is 0.0443. The Kier molecular flexibility index (Phi) is 5.74. The van der Waals surface area contributed by atoms with Crippen molar-refractivity contribution in [2.45, 2.75) is 38.2 Å². The van der Waals surface area contributed by atoms with Gasteiger partial charge in [-0.3, -0.25) is 14.5 Å². The van der Waals surface area contributed by atoms with E-state index >= 15 is 0 Å². The van der Waals surface area contributed by atoms with Crippen LogP contribution < -0.4 is 5.32 Å². The second-order valence-electron chi connectivity index (χ2n) is 7.90. The molecule has 146 valence electrons. The van der Waals surface area contributed by atoms with Gasteiger partial charge in [0.15, 0.2) is 0 Å². The highest BCUT2D eigenvalue weighted by Gasteiger charge is 2.28. The van der Waals surface area contributed by atoms with E-state index in [9.17, 15) is 9.59 Å². The van der Waals surface area contributed by atoms with Crippen LogP contribution in [0.4, 0.5) is 5.69 Å². The lowest BCUT2D eigenvalue weighted by Gasteiger charge is -2.36. The lowest BCUT2D eigenvalue weighted by molar-refractivity contribution is -0.133. The molecule has 4 rings (SSSR count). The van der Waals surface area contributed by atoms with Crippen LogP contribution in [-0.4, -0.2) is 67.0 Å². The van der Waals surface area contributed by atoms with Crippen molar-refractivity contribution in [3.63, 3.8) is 0 Å². The molecule has 2 saturated heterocycles. The van der Waals surface area contributed by atoms with Crippen molar-refractivity contribution in [3.8, 4) is 0 Å². The molecule has 2 fully saturated rings. The Morgan fingerprint density at radius 2 is 2.00 bits per heavy atom. The van der Waals surface area contributed by atoms with Crippen LogP contribution in [0.1, 0.15) is 31.2 Å². The van der Waals surface area contributed by atoms with E-state index in [1.54, 1.807) is 0 Å². The summed E-state index contributed by atoms with van der Waals surface area (Å²) in [5, 5.41) is 2.97. The number of nitrogens with zero attached hydrogens (tertiary/aromatic N) is 2. The van der Waals surface area contributed by atoms with Gasteiger partial charge >= 0.3 is 0 Å². The molecular weight excluding hydrogens is 342 g/mol. The Bertz CT molecular complexity index is 679. The van der Waals surface area contributed by atoms with E-state index in [-0.39, 0.29) is 17.7 Å². The number of carbonyl (C=O) groups excluding carboxylic acids is 2. The number of nitrogens with one attached hydrogen (secondary N) is 1. The molecule has 6 nitrogen and oxygen atoms in total. The average molecular weight is 371 g/mol. The first-order valence-electron chi connectivity index (χ1n) is 10.2. The van der Waals surface area contributed by atoms with Crippen LogP contribution in [0.25, 0.3) is 0 Å². The number of para-hydroxylation sites is 1. The summed E-state index contributed by atoms with van der Waals surface area (Å²) in [5.74, 6) is 0.117. The van der Waals surface area contributed by atoms with E-state index < -0.39 is 0 Å². The van der Waals surface area contributed by atoms with Gasteiger partial charge in [-0.15, -0.1) is 0 Å². The fraction of sp³-hybridized carbons (Fsp3) is 0.619. The Morgan fingerprint density at radius 3 is 2.78 bits per heavy atom. The third kappa shape index (κ3) is 4.50. The summed E-state index contributed by atoms with van der Waals surface area (Å²) in [7, 11) is 0. The number of hydrogen-bond acceptors (Lipinski definition) is 4. The Labute approximate surface area is 160 Å². The minimum atomic E-state index is -0.107. The van der Waals surface area contributed by atoms with Gasteiger partial charge in [-0.1, -0.05) is 18.2 Å². The Hall–Kier alpha value is -1.92. The number of ether oxygens (including phenoxy) is 1. The standard InChI is InChI=1S/C21H29N3O3/c25-20(24-11-9-23(10-12-24)15-18-5-3-13-27-18)8-7-17-14-16-4-1-2-6-19(16)22-21(17)26/h1-2,4,6,17-18H,3,5,7-15H2,(H,22,26). The van der Waals surface area contributed by atoms with Crippen molar-refractivity contribution >= 4 is 17.5 Å². The SMILES string of the molecule is O=C1Nc2ccccc2CC1CCC(=O)N1CCN(CC2CCCO2)CC1. The number of piperazine rings is 1. The van der Waals surface area contributed by atoms with E-state index in [0.717, 1.165) is 63.4 Å². The fourth-order valence-electron chi connectivity index (χ4n) is 4.36. The summed E-state index contributed by atoms with van der Waals surface area (Å²) < 4.78 is 5.71. The van der Waals surface area contributed by atoms with Gasteiger partial charge in [0.2, 0.25) is 11.8 Å². The molecule has 27 heavy (non-hydrogen) atoms. The molecule has 1 aromatic carbocycles. The second kappa shape index (κ2) is 8.40. The van der Waals surface area contributed by atoms with Crippen LogP contribution in [0, 0.1) is 5.92 Å². The quantitative estimate of drug-likeness (QED) is 0.859. The maximum absolute atomic E-state index is 12.6. The first-order chi connectivity index (χ1) is 13.2. The van der Waals surface area contributed by atoms with Crippen LogP contribution in [0.15, 0.2) is 24.3 Å². The van der Waals surface area contributed by atoms with Crippen molar-refractivity contribution in [2.24, 2.45) is 5.92 Å². The van der Waals surface area contributed by atoms with E-state index in [1.807, 2.05) is 23.1 Å². The molecule has 0 aliphatic carbocycles. The van der Waals surface area contributed by atoms with Gasteiger partial charge in [0, 0.05) is 57.4 Å². The maximum atomic E-state index is 12.6. The molecular formula is C21H29N3O3. The van der Waals surface area contributed by atoms with Crippen molar-refractivity contribution in [1.29, 1.82) is 0 Å². The maximum Gasteiger partial charge on any atom is 0.227 e. The summed E-state index contributed by atoms with van der Waals surface area (Å²) >= 11 is 0. The second-order valence-corrected chi connectivity index (χ2v) is 7.90. The highest BCUT2D eigenvalue weighted by molar-refractivity contribution is 5.96. The van der Waals surface area contributed by atoms with Crippen LogP contribution in [0.2, 0.25) is 0 Å². The Balaban J connectivity index is 1.21. The summed E-state index contributed by atoms with van der Waals surface area (Å²) in [6.07, 6.45) is 4.50. The average Bonchev–Trinajstić information content (AvgIpc) is 3.19. The molecule has 2 unspecified atom stereocenters. The predicted molar refractivity (Wildman–Crippen MR) is 103 cm³/mol. The topological polar surface area (TPSA) is 61.9 Å². The molecule has 6 heteroatoms. The lowest BCUT2D eigenvalue weighted by Crippen LogP contribution is -2.50. The van der Waals surface area contributed by atoms with Crippen molar-refractivity contribution in [1.82, 2.24) is 9.80 Å². The first kappa shape index (κ1) is 18.4. The van der Waals surface area contributed by atoms with Crippen LogP contribution in [-0.2, 0) is 20.7 Å². The monoisotopic (exact) mass is 371 g/mol. The summed E-state index contributed by atoms with van der Waals surface area (Å²) in [6, 6.07) is 7.91. The molecule has 3 aliphatic rings. The number of benzene rings is 1. The molecule has 0 aromatic heterocycles. The highest BCUT2D eigenvalue weighted by atomic mass is 16.5. The smallest absolute Gasteiger partial charge is 0.227 e. The molecule has 2 atom stereocenters. The normalized spacial score (nSPS) is 25.9. The number of amides is 2. The molecule has 2 amide bonds. The van der Waals surface area contributed by atoms with Crippen molar-refractivity contribution < 1.29 is 14.3 Å². The largest absolute Gasteiger partial charge is 0.377 e. The van der Waals surface area contributed by atoms with Gasteiger partial charge in [0.1, 0.15) is 0 Å². The Morgan fingerprint density at radius 1 is 1.19 bits per heavy atom. The predicted octanol–water partition coefficient (Wildman–Crippen LogP) is 1.90. The molecule has 0 spiro atoms. The molecule has 0 bridgehead atoms. The number of anilines is 1. The zero-order valence-corrected chi connectivity index (χ0v) is 15.9. The minimum Gasteiger partial charge on any atom is -0.377 e. The van der Waals surface area contributed by atoms with Crippen LogP contribution >= 0.6 is 0 Å². The van der Waals surface area contributed by atoms with Crippen molar-refractivity contribution in [3.05, 3.63) is 29.8 Å². The first-order valence-corrected chi connectivity index (χ1v) is 10.2. The van der Waals surface area contributed by atoms with E-state index in [0.29, 0.717) is 18.9 Å². The fourth-order valence-corrected chi connectivity index (χ4v) is 4.36. The zero-order valence-electron chi connectivity index (χ0n) is 15.9. The van der Waals surface area contributed by atoms with E-state index in [1.165, 1.54) is 6.42 Å². The number of carbonyl (C=O) groups is 2. The van der Waals surface area contributed by atoms with Crippen LogP contribution in [0.3, 0.4) is 0 Å². The van der Waals surface area contributed by atoms with E-state index in [2.05, 4.69) is 16.3 Å². The molecule has 0 radical (unpaired) electrons. The number of rotatable bonds is 5. The molecule has 1 aromatic rings.